The number of hydrogen-bond acceptors (Lipinski definition) is 2. The average molecular weight is 265 g/mol. The van der Waals surface area contributed by atoms with Crippen LogP contribution < -0.4 is 5.73 Å². The molecule has 1 saturated carbocycles. The van der Waals surface area contributed by atoms with Crippen LogP contribution in [0.2, 0.25) is 0 Å². The van der Waals surface area contributed by atoms with E-state index in [0.29, 0.717) is 17.1 Å². The Kier molecular flexibility index (Phi) is 4.10. The molecular formula is C15H23NOS. The Morgan fingerprint density at radius 2 is 1.78 bits per heavy atom. The van der Waals surface area contributed by atoms with Gasteiger partial charge in [0.1, 0.15) is 0 Å². The molecule has 3 atom stereocenters. The first-order chi connectivity index (χ1) is 8.47. The van der Waals surface area contributed by atoms with E-state index < -0.39 is 10.8 Å². The van der Waals surface area contributed by atoms with Gasteiger partial charge in [-0.25, -0.2) is 0 Å². The number of benzene rings is 1. The second-order valence-corrected chi connectivity index (χ2v) is 7.59. The normalized spacial score (nSPS) is 30.1. The maximum absolute atomic E-state index is 12.6. The van der Waals surface area contributed by atoms with Gasteiger partial charge in [-0.15, -0.1) is 0 Å². The molecule has 100 valence electrons. The van der Waals surface area contributed by atoms with Crippen molar-refractivity contribution < 1.29 is 4.21 Å². The Bertz CT molecular complexity index is 448. The van der Waals surface area contributed by atoms with E-state index in [1.165, 1.54) is 6.42 Å². The number of hydrogen-bond donors (Lipinski definition) is 1. The maximum Gasteiger partial charge on any atom is 0.0561 e. The van der Waals surface area contributed by atoms with Crippen LogP contribution in [0, 0.1) is 18.8 Å². The fourth-order valence-corrected chi connectivity index (χ4v) is 4.90. The van der Waals surface area contributed by atoms with Gasteiger partial charge in [-0.3, -0.25) is 4.21 Å². The molecule has 0 bridgehead atoms. The molecule has 0 heterocycles. The lowest BCUT2D eigenvalue weighted by Gasteiger charge is -2.30. The Morgan fingerprint density at radius 1 is 1.17 bits per heavy atom. The second kappa shape index (κ2) is 5.43. The molecule has 0 aliphatic heterocycles. The minimum absolute atomic E-state index is 0.312. The predicted octanol–water partition coefficient (Wildman–Crippen LogP) is 3.51. The maximum atomic E-state index is 12.6. The summed E-state index contributed by atoms with van der Waals surface area (Å²) in [6.07, 6.45) is 3.44. The second-order valence-electron chi connectivity index (χ2n) is 5.86. The highest BCUT2D eigenvalue weighted by Gasteiger charge is 2.28. The summed E-state index contributed by atoms with van der Waals surface area (Å²) in [5.74, 6) is 1.38. The molecule has 1 aliphatic carbocycles. The minimum atomic E-state index is -0.885. The Labute approximate surface area is 112 Å². The van der Waals surface area contributed by atoms with Gasteiger partial charge in [0, 0.05) is 15.8 Å². The Hall–Kier alpha value is -0.830. The van der Waals surface area contributed by atoms with E-state index in [1.807, 2.05) is 25.1 Å². The van der Waals surface area contributed by atoms with E-state index in [2.05, 4.69) is 13.8 Å². The smallest absolute Gasteiger partial charge is 0.0561 e. The van der Waals surface area contributed by atoms with Crippen molar-refractivity contribution in [2.75, 3.05) is 5.73 Å². The van der Waals surface area contributed by atoms with Crippen molar-refractivity contribution >= 4 is 16.5 Å². The third kappa shape index (κ3) is 2.94. The number of rotatable bonds is 2. The molecule has 3 heteroatoms. The molecular weight excluding hydrogens is 242 g/mol. The van der Waals surface area contributed by atoms with Gasteiger partial charge in [0.2, 0.25) is 0 Å². The monoisotopic (exact) mass is 265 g/mol. The van der Waals surface area contributed by atoms with Crippen molar-refractivity contribution in [1.82, 2.24) is 0 Å². The quantitative estimate of drug-likeness (QED) is 0.832. The van der Waals surface area contributed by atoms with E-state index in [-0.39, 0.29) is 0 Å². The van der Waals surface area contributed by atoms with Crippen molar-refractivity contribution in [3.8, 4) is 0 Å². The van der Waals surface area contributed by atoms with Crippen LogP contribution in [0.15, 0.2) is 23.1 Å². The highest BCUT2D eigenvalue weighted by molar-refractivity contribution is 7.85. The molecule has 1 aromatic rings. The van der Waals surface area contributed by atoms with Crippen LogP contribution >= 0.6 is 0 Å². The summed E-state index contributed by atoms with van der Waals surface area (Å²) in [7, 11) is -0.885. The summed E-state index contributed by atoms with van der Waals surface area (Å²) in [4.78, 5) is 0.938. The third-order valence-electron chi connectivity index (χ3n) is 3.91. The molecule has 0 spiro atoms. The zero-order valence-electron chi connectivity index (χ0n) is 11.5. The zero-order chi connectivity index (χ0) is 13.3. The fraction of sp³-hybridized carbons (Fsp3) is 0.600. The van der Waals surface area contributed by atoms with Crippen LogP contribution in [-0.4, -0.2) is 9.46 Å². The molecule has 0 saturated heterocycles. The number of nitrogen functional groups attached to an aromatic ring is 1. The lowest BCUT2D eigenvalue weighted by molar-refractivity contribution is 0.305. The molecule has 0 radical (unpaired) electrons. The average Bonchev–Trinajstić information content (AvgIpc) is 2.30. The van der Waals surface area contributed by atoms with Crippen molar-refractivity contribution in [3.05, 3.63) is 23.8 Å². The first-order valence-corrected chi connectivity index (χ1v) is 7.95. The molecule has 0 aromatic heterocycles. The van der Waals surface area contributed by atoms with Crippen molar-refractivity contribution in [2.24, 2.45) is 11.8 Å². The highest BCUT2D eigenvalue weighted by atomic mass is 32.2. The summed E-state index contributed by atoms with van der Waals surface area (Å²) < 4.78 is 12.6. The standard InChI is InChI=1S/C15H23NOS/c1-10-6-11(2)8-14(7-10)18(17)13-4-5-15(16)12(3)9-13/h4-5,9-11,14H,6-8,16H2,1-3H3. The Balaban J connectivity index is 2.17. The van der Waals surface area contributed by atoms with Crippen molar-refractivity contribution in [1.29, 1.82) is 0 Å². The molecule has 2 nitrogen and oxygen atoms in total. The van der Waals surface area contributed by atoms with Crippen molar-refractivity contribution in [3.63, 3.8) is 0 Å². The molecule has 2 rings (SSSR count). The largest absolute Gasteiger partial charge is 0.399 e. The summed E-state index contributed by atoms with van der Waals surface area (Å²) >= 11 is 0. The van der Waals surface area contributed by atoms with Gasteiger partial charge in [0.05, 0.1) is 10.8 Å². The molecule has 1 aliphatic rings. The summed E-state index contributed by atoms with van der Waals surface area (Å²) in [5, 5.41) is 0.312. The van der Waals surface area contributed by atoms with E-state index in [1.54, 1.807) is 0 Å². The van der Waals surface area contributed by atoms with E-state index in [9.17, 15) is 4.21 Å². The van der Waals surface area contributed by atoms with Crippen molar-refractivity contribution in [2.45, 2.75) is 50.2 Å². The number of nitrogens with two attached hydrogens (primary N) is 1. The van der Waals surface area contributed by atoms with Crippen LogP contribution in [0.3, 0.4) is 0 Å². The summed E-state index contributed by atoms with van der Waals surface area (Å²) in [6.45, 7) is 6.52. The molecule has 0 amide bonds. The topological polar surface area (TPSA) is 43.1 Å². The lowest BCUT2D eigenvalue weighted by Crippen LogP contribution is -2.27. The molecule has 18 heavy (non-hydrogen) atoms. The fourth-order valence-electron chi connectivity index (χ4n) is 3.01. The molecule has 1 aromatic carbocycles. The summed E-state index contributed by atoms with van der Waals surface area (Å²) in [6, 6.07) is 5.77. The zero-order valence-corrected chi connectivity index (χ0v) is 12.3. The highest BCUT2D eigenvalue weighted by Crippen LogP contribution is 2.33. The lowest BCUT2D eigenvalue weighted by atomic mass is 9.83. The van der Waals surface area contributed by atoms with Gasteiger partial charge in [-0.1, -0.05) is 13.8 Å². The number of anilines is 1. The minimum Gasteiger partial charge on any atom is -0.399 e. The van der Waals surface area contributed by atoms with Gasteiger partial charge in [0.25, 0.3) is 0 Å². The molecule has 2 N–H and O–H groups in total. The van der Waals surface area contributed by atoms with Crippen LogP contribution in [0.5, 0.6) is 0 Å². The molecule has 1 fully saturated rings. The van der Waals surface area contributed by atoms with Crippen LogP contribution in [0.25, 0.3) is 0 Å². The van der Waals surface area contributed by atoms with Gasteiger partial charge in [0.15, 0.2) is 0 Å². The van der Waals surface area contributed by atoms with Crippen LogP contribution in [-0.2, 0) is 10.8 Å². The first kappa shape index (κ1) is 13.6. The van der Waals surface area contributed by atoms with Gasteiger partial charge in [-0.05, 0) is 61.8 Å². The summed E-state index contributed by atoms with van der Waals surface area (Å²) in [5.41, 5.74) is 7.62. The van der Waals surface area contributed by atoms with Crippen LogP contribution in [0.1, 0.15) is 38.7 Å². The first-order valence-electron chi connectivity index (χ1n) is 6.74. The van der Waals surface area contributed by atoms with Crippen LogP contribution in [0.4, 0.5) is 5.69 Å². The van der Waals surface area contributed by atoms with E-state index in [0.717, 1.165) is 29.0 Å². The predicted molar refractivity (Wildman–Crippen MR) is 78.0 cm³/mol. The van der Waals surface area contributed by atoms with Gasteiger partial charge in [-0.2, -0.15) is 0 Å². The van der Waals surface area contributed by atoms with E-state index in [4.69, 9.17) is 5.73 Å². The third-order valence-corrected chi connectivity index (χ3v) is 5.62. The van der Waals surface area contributed by atoms with Gasteiger partial charge < -0.3 is 5.73 Å². The molecule has 3 unspecified atom stereocenters. The Morgan fingerprint density at radius 3 is 2.33 bits per heavy atom. The van der Waals surface area contributed by atoms with E-state index >= 15 is 0 Å². The number of aryl methyl sites for hydroxylation is 1. The SMILES string of the molecule is Cc1cc(S(=O)C2CC(C)CC(C)C2)ccc1N. The van der Waals surface area contributed by atoms with Gasteiger partial charge >= 0.3 is 0 Å².